The zero-order valence-corrected chi connectivity index (χ0v) is 21.8. The normalized spacial score (nSPS) is 16.7. The average Bonchev–Trinajstić information content (AvgIpc) is 3.24. The molecule has 0 bridgehead atoms. The summed E-state index contributed by atoms with van der Waals surface area (Å²) in [5, 5.41) is 3.48. The molecule has 4 aromatic carbocycles. The third-order valence-corrected chi connectivity index (χ3v) is 7.29. The van der Waals surface area contributed by atoms with Crippen LogP contribution in [0.3, 0.4) is 0 Å². The third kappa shape index (κ3) is 3.67. The summed E-state index contributed by atoms with van der Waals surface area (Å²) in [6.45, 7) is 8.56. The van der Waals surface area contributed by atoms with Crippen molar-refractivity contribution in [3.63, 3.8) is 0 Å². The average molecular weight is 507 g/mol. The van der Waals surface area contributed by atoms with Gasteiger partial charge in [0, 0.05) is 47.2 Å². The minimum absolute atomic E-state index is 0.340. The minimum atomic E-state index is -1.12. The number of esters is 1. The Kier molecular flexibility index (Phi) is 5.95. The number of nitrogens with zero attached hydrogens (tertiary/aromatic N) is 1. The summed E-state index contributed by atoms with van der Waals surface area (Å²) in [6, 6.07) is 27.5. The fourth-order valence-electron chi connectivity index (χ4n) is 5.53. The summed E-state index contributed by atoms with van der Waals surface area (Å²) in [6.07, 6.45) is 0. The molecule has 0 aromatic heterocycles. The van der Waals surface area contributed by atoms with Crippen LogP contribution in [-0.2, 0) is 10.3 Å². The van der Waals surface area contributed by atoms with E-state index in [1.54, 1.807) is 0 Å². The SMILES string of the molecule is CCOc1ccccc1Nc1ccc2c(c1)C1(OC(=O)c3ccccc31)c1ccc(N(CC)CC)cc1O2. The maximum Gasteiger partial charge on any atom is 0.340 e. The van der Waals surface area contributed by atoms with Gasteiger partial charge in [0.1, 0.15) is 17.2 Å². The first-order valence-electron chi connectivity index (χ1n) is 13.1. The Morgan fingerprint density at radius 2 is 1.61 bits per heavy atom. The molecule has 6 nitrogen and oxygen atoms in total. The summed E-state index contributed by atoms with van der Waals surface area (Å²) in [4.78, 5) is 15.5. The molecule has 2 heterocycles. The first-order valence-corrected chi connectivity index (χ1v) is 13.1. The predicted molar refractivity (Wildman–Crippen MR) is 149 cm³/mol. The zero-order valence-electron chi connectivity index (χ0n) is 21.8. The fraction of sp³-hybridized carbons (Fsp3) is 0.219. The van der Waals surface area contributed by atoms with E-state index < -0.39 is 5.60 Å². The van der Waals surface area contributed by atoms with Crippen molar-refractivity contribution in [2.45, 2.75) is 26.4 Å². The lowest BCUT2D eigenvalue weighted by Crippen LogP contribution is -2.33. The van der Waals surface area contributed by atoms with Gasteiger partial charge in [0.25, 0.3) is 0 Å². The number of carbonyl (C=O) groups excluding carboxylic acids is 1. The van der Waals surface area contributed by atoms with Gasteiger partial charge in [-0.25, -0.2) is 4.79 Å². The summed E-state index contributed by atoms with van der Waals surface area (Å²) in [7, 11) is 0. The van der Waals surface area contributed by atoms with Crippen molar-refractivity contribution in [1.82, 2.24) is 0 Å². The molecule has 0 saturated heterocycles. The number of nitrogens with one attached hydrogen (secondary N) is 1. The van der Waals surface area contributed by atoms with Crippen LogP contribution in [0.15, 0.2) is 84.9 Å². The number of hydrogen-bond donors (Lipinski definition) is 1. The van der Waals surface area contributed by atoms with Crippen LogP contribution >= 0.6 is 0 Å². The van der Waals surface area contributed by atoms with Crippen molar-refractivity contribution in [2.75, 3.05) is 29.9 Å². The lowest BCUT2D eigenvalue weighted by molar-refractivity contribution is 0.0224. The van der Waals surface area contributed by atoms with Crippen molar-refractivity contribution < 1.29 is 19.0 Å². The van der Waals surface area contributed by atoms with Crippen molar-refractivity contribution in [2.24, 2.45) is 0 Å². The molecule has 1 N–H and O–H groups in total. The van der Waals surface area contributed by atoms with Crippen molar-refractivity contribution in [3.8, 4) is 17.2 Å². The predicted octanol–water partition coefficient (Wildman–Crippen LogP) is 7.24. The van der Waals surface area contributed by atoms with Crippen LogP contribution in [0.4, 0.5) is 17.1 Å². The molecule has 0 amide bonds. The number of rotatable bonds is 7. The van der Waals surface area contributed by atoms with E-state index in [0.717, 1.165) is 52.6 Å². The Labute approximate surface area is 222 Å². The zero-order chi connectivity index (χ0) is 26.3. The molecule has 6 rings (SSSR count). The van der Waals surface area contributed by atoms with Gasteiger partial charge in [0.15, 0.2) is 5.60 Å². The Bertz CT molecular complexity index is 1530. The van der Waals surface area contributed by atoms with Crippen molar-refractivity contribution in [3.05, 3.63) is 107 Å². The largest absolute Gasteiger partial charge is 0.492 e. The molecule has 4 aromatic rings. The first-order chi connectivity index (χ1) is 18.6. The molecular formula is C32H30N2O4. The van der Waals surface area contributed by atoms with E-state index in [9.17, 15) is 4.79 Å². The smallest absolute Gasteiger partial charge is 0.340 e. The highest BCUT2D eigenvalue weighted by molar-refractivity contribution is 5.97. The van der Waals surface area contributed by atoms with Gasteiger partial charge in [-0.1, -0.05) is 30.3 Å². The second kappa shape index (κ2) is 9.45. The number of para-hydroxylation sites is 2. The second-order valence-electron chi connectivity index (χ2n) is 9.34. The molecule has 1 atom stereocenters. The Morgan fingerprint density at radius 1 is 0.816 bits per heavy atom. The molecule has 38 heavy (non-hydrogen) atoms. The molecule has 0 saturated carbocycles. The number of hydrogen-bond acceptors (Lipinski definition) is 6. The molecule has 192 valence electrons. The monoisotopic (exact) mass is 506 g/mol. The molecule has 0 fully saturated rings. The van der Waals surface area contributed by atoms with E-state index in [-0.39, 0.29) is 5.97 Å². The van der Waals surface area contributed by atoms with Crippen molar-refractivity contribution >= 4 is 23.0 Å². The van der Waals surface area contributed by atoms with Gasteiger partial charge < -0.3 is 24.4 Å². The molecule has 1 spiro atoms. The number of fused-ring (bicyclic) bond motifs is 6. The van der Waals surface area contributed by atoms with Crippen LogP contribution in [0, 0.1) is 0 Å². The lowest BCUT2D eigenvalue weighted by atomic mass is 9.77. The van der Waals surface area contributed by atoms with Crippen LogP contribution in [0.2, 0.25) is 0 Å². The van der Waals surface area contributed by atoms with E-state index in [0.29, 0.717) is 23.7 Å². The van der Waals surface area contributed by atoms with E-state index in [2.05, 4.69) is 30.1 Å². The molecule has 1 unspecified atom stereocenters. The quantitative estimate of drug-likeness (QED) is 0.267. The van der Waals surface area contributed by atoms with Gasteiger partial charge in [0.2, 0.25) is 0 Å². The van der Waals surface area contributed by atoms with Gasteiger partial charge in [-0.05, 0) is 69.3 Å². The molecular weight excluding hydrogens is 476 g/mol. The summed E-state index contributed by atoms with van der Waals surface area (Å²) < 4.78 is 18.7. The fourth-order valence-corrected chi connectivity index (χ4v) is 5.53. The minimum Gasteiger partial charge on any atom is -0.492 e. The summed E-state index contributed by atoms with van der Waals surface area (Å²) in [5.74, 6) is 1.77. The van der Waals surface area contributed by atoms with Crippen LogP contribution in [0.25, 0.3) is 0 Å². The summed E-state index contributed by atoms with van der Waals surface area (Å²) in [5.41, 5.74) is 4.61. The highest BCUT2D eigenvalue weighted by Gasteiger charge is 2.53. The van der Waals surface area contributed by atoms with E-state index >= 15 is 0 Å². The standard InChI is InChI=1S/C32H30N2O4/c1-4-34(5-2)22-16-17-25-30(20-22)37-28-18-15-21(33-27-13-9-10-14-29(27)36-6-3)19-26(28)32(25)24-12-8-7-11-23(24)31(35)38-32/h7-20,33H,4-6H2,1-3H3. The van der Waals surface area contributed by atoms with E-state index in [1.807, 2.05) is 85.8 Å². The molecule has 0 aliphatic carbocycles. The lowest BCUT2D eigenvalue weighted by Gasteiger charge is -2.37. The number of carbonyl (C=O) groups is 1. The van der Waals surface area contributed by atoms with Gasteiger partial charge in [-0.15, -0.1) is 0 Å². The Morgan fingerprint density at radius 3 is 2.42 bits per heavy atom. The van der Waals surface area contributed by atoms with Gasteiger partial charge in [-0.3, -0.25) is 0 Å². The van der Waals surface area contributed by atoms with E-state index in [4.69, 9.17) is 14.2 Å². The summed E-state index contributed by atoms with van der Waals surface area (Å²) >= 11 is 0. The van der Waals surface area contributed by atoms with Gasteiger partial charge in [0.05, 0.1) is 17.9 Å². The molecule has 0 radical (unpaired) electrons. The van der Waals surface area contributed by atoms with Gasteiger partial charge >= 0.3 is 5.97 Å². The Balaban J connectivity index is 1.52. The van der Waals surface area contributed by atoms with E-state index in [1.165, 1.54) is 0 Å². The molecule has 2 aliphatic heterocycles. The van der Waals surface area contributed by atoms with Gasteiger partial charge in [-0.2, -0.15) is 0 Å². The van der Waals surface area contributed by atoms with Crippen LogP contribution in [0.1, 0.15) is 47.8 Å². The third-order valence-electron chi connectivity index (χ3n) is 7.29. The Hall–Kier alpha value is -4.45. The van der Waals surface area contributed by atoms with Crippen molar-refractivity contribution in [1.29, 1.82) is 0 Å². The topological polar surface area (TPSA) is 60.0 Å². The van der Waals surface area contributed by atoms with Crippen LogP contribution in [0.5, 0.6) is 17.2 Å². The number of benzene rings is 4. The number of ether oxygens (including phenoxy) is 3. The maximum atomic E-state index is 13.2. The van der Waals surface area contributed by atoms with Crippen LogP contribution < -0.4 is 19.7 Å². The van der Waals surface area contributed by atoms with Crippen LogP contribution in [-0.4, -0.2) is 25.7 Å². The molecule has 6 heteroatoms. The first kappa shape index (κ1) is 23.9. The number of anilines is 3. The highest BCUT2D eigenvalue weighted by atomic mass is 16.6. The maximum absolute atomic E-state index is 13.2. The molecule has 2 aliphatic rings. The second-order valence-corrected chi connectivity index (χ2v) is 9.34. The highest BCUT2D eigenvalue weighted by Crippen LogP contribution is 2.57.